The van der Waals surface area contributed by atoms with E-state index >= 15 is 0 Å². The van der Waals surface area contributed by atoms with Gasteiger partial charge in [-0.25, -0.2) is 0 Å². The fraction of sp³-hybridized carbons (Fsp3) is 0.571. The Bertz CT molecular complexity index is 551. The van der Waals surface area contributed by atoms with E-state index in [4.69, 9.17) is 4.74 Å². The van der Waals surface area contributed by atoms with Crippen LogP contribution in [0.15, 0.2) is 16.9 Å². The van der Waals surface area contributed by atoms with Crippen LogP contribution in [0.4, 0.5) is 0 Å². The average molecular weight is 356 g/mol. The number of hydrogen-bond donors (Lipinski definition) is 3. The maximum absolute atomic E-state index is 12.1. The minimum atomic E-state index is -0.338. The fourth-order valence-corrected chi connectivity index (χ4v) is 3.51. The van der Waals surface area contributed by atoms with Gasteiger partial charge in [0.2, 0.25) is 0 Å². The lowest BCUT2D eigenvalue weighted by molar-refractivity contribution is -0.149. The van der Waals surface area contributed by atoms with E-state index in [0.717, 1.165) is 30.4 Å². The quantitative estimate of drug-likeness (QED) is 0.711. The monoisotopic (exact) mass is 355 g/mol. The van der Waals surface area contributed by atoms with Crippen LogP contribution in [0.2, 0.25) is 0 Å². The van der Waals surface area contributed by atoms with Crippen molar-refractivity contribution in [3.63, 3.8) is 0 Å². The number of carbonyl (C=O) groups is 2. The normalized spacial score (nSPS) is 24.0. The predicted molar refractivity (Wildman–Crippen MR) is 79.9 cm³/mol. The van der Waals surface area contributed by atoms with Crippen molar-refractivity contribution >= 4 is 27.8 Å². The van der Waals surface area contributed by atoms with E-state index in [1.54, 1.807) is 12.4 Å². The van der Waals surface area contributed by atoms with E-state index < -0.39 is 0 Å². The van der Waals surface area contributed by atoms with Gasteiger partial charge in [-0.15, -0.1) is 0 Å². The Morgan fingerprint density at radius 1 is 1.43 bits per heavy atom. The average Bonchev–Trinajstić information content (AvgIpc) is 3.02. The maximum atomic E-state index is 12.1. The van der Waals surface area contributed by atoms with Gasteiger partial charge in [-0.2, -0.15) is 0 Å². The largest absolute Gasteiger partial charge is 0.460 e. The number of H-pyrrole nitrogens is 1. The second-order valence-electron chi connectivity index (χ2n) is 5.69. The zero-order valence-corrected chi connectivity index (χ0v) is 13.2. The molecule has 1 unspecified atom stereocenters. The third-order valence-electron chi connectivity index (χ3n) is 4.32. The molecule has 3 heterocycles. The van der Waals surface area contributed by atoms with Crippen molar-refractivity contribution in [3.05, 3.63) is 22.4 Å². The highest BCUT2D eigenvalue weighted by molar-refractivity contribution is 9.10. The van der Waals surface area contributed by atoms with Gasteiger partial charge in [-0.3, -0.25) is 9.59 Å². The molecule has 3 N–H and O–H groups in total. The summed E-state index contributed by atoms with van der Waals surface area (Å²) in [6.45, 7) is 2.06. The molecule has 1 aromatic rings. The molecule has 1 amide bonds. The molecule has 2 aliphatic rings. The molecular formula is C14H18BrN3O3. The van der Waals surface area contributed by atoms with Crippen LogP contribution in [-0.2, 0) is 9.53 Å². The number of nitrogens with one attached hydrogen (secondary N) is 3. The number of aromatic nitrogens is 1. The smallest absolute Gasteiger partial charge is 0.312 e. The summed E-state index contributed by atoms with van der Waals surface area (Å²) in [6.07, 6.45) is 5.45. The molecule has 0 saturated carbocycles. The van der Waals surface area contributed by atoms with E-state index in [1.807, 2.05) is 0 Å². The van der Waals surface area contributed by atoms with Gasteiger partial charge in [0.25, 0.3) is 5.91 Å². The number of cyclic esters (lactones) is 1. The van der Waals surface area contributed by atoms with Crippen LogP contribution in [0.5, 0.6) is 0 Å². The van der Waals surface area contributed by atoms with Gasteiger partial charge in [0.05, 0.1) is 17.5 Å². The van der Waals surface area contributed by atoms with Gasteiger partial charge >= 0.3 is 5.97 Å². The molecule has 0 aromatic carbocycles. The fourth-order valence-electron chi connectivity index (χ4n) is 3.09. The highest BCUT2D eigenvalue weighted by Crippen LogP contribution is 2.41. The maximum Gasteiger partial charge on any atom is 0.312 e. The lowest BCUT2D eigenvalue weighted by Crippen LogP contribution is -2.39. The van der Waals surface area contributed by atoms with Crippen LogP contribution in [0.1, 0.15) is 29.6 Å². The number of carbonyl (C=O) groups excluding carboxylic acids is 2. The summed E-state index contributed by atoms with van der Waals surface area (Å²) in [5, 5.41) is 6.09. The van der Waals surface area contributed by atoms with Gasteiger partial charge in [0.1, 0.15) is 6.10 Å². The van der Waals surface area contributed by atoms with Crippen LogP contribution in [0.25, 0.3) is 0 Å². The van der Waals surface area contributed by atoms with Crippen molar-refractivity contribution in [1.82, 2.24) is 15.6 Å². The molecule has 7 heteroatoms. The summed E-state index contributed by atoms with van der Waals surface area (Å²) < 4.78 is 6.17. The Morgan fingerprint density at radius 3 is 2.86 bits per heavy atom. The number of esters is 1. The van der Waals surface area contributed by atoms with Gasteiger partial charge in [0.15, 0.2) is 0 Å². The van der Waals surface area contributed by atoms with Gasteiger partial charge in [-0.1, -0.05) is 0 Å². The Balaban J connectivity index is 1.56. The number of halogens is 1. The Morgan fingerprint density at radius 2 is 2.19 bits per heavy atom. The molecule has 1 atom stereocenters. The number of amides is 1. The van der Waals surface area contributed by atoms with Crippen LogP contribution < -0.4 is 10.6 Å². The molecule has 6 nitrogen and oxygen atoms in total. The Kier molecular flexibility index (Phi) is 4.03. The molecule has 0 bridgehead atoms. The van der Waals surface area contributed by atoms with Crippen molar-refractivity contribution < 1.29 is 14.3 Å². The van der Waals surface area contributed by atoms with E-state index in [1.165, 1.54) is 0 Å². The van der Waals surface area contributed by atoms with Crippen LogP contribution in [0, 0.1) is 5.41 Å². The molecule has 0 aliphatic carbocycles. The molecule has 114 valence electrons. The first-order valence-electron chi connectivity index (χ1n) is 7.13. The molecule has 2 saturated heterocycles. The number of hydrogen-bond acceptors (Lipinski definition) is 4. The molecule has 2 fully saturated rings. The van der Waals surface area contributed by atoms with Crippen LogP contribution >= 0.6 is 15.9 Å². The molecule has 1 aromatic heterocycles. The van der Waals surface area contributed by atoms with E-state index in [-0.39, 0.29) is 23.4 Å². The van der Waals surface area contributed by atoms with Gasteiger partial charge in [-0.05, 0) is 41.9 Å². The third-order valence-corrected chi connectivity index (χ3v) is 4.97. The molecule has 0 radical (unpaired) electrons. The summed E-state index contributed by atoms with van der Waals surface area (Å²) in [4.78, 5) is 27.0. The van der Waals surface area contributed by atoms with Crippen LogP contribution in [0.3, 0.4) is 0 Å². The van der Waals surface area contributed by atoms with Crippen molar-refractivity contribution in [3.8, 4) is 0 Å². The summed E-state index contributed by atoms with van der Waals surface area (Å²) in [7, 11) is 0. The number of piperidine rings is 1. The number of rotatable bonds is 3. The minimum Gasteiger partial charge on any atom is -0.460 e. The topological polar surface area (TPSA) is 83.2 Å². The van der Waals surface area contributed by atoms with Crippen molar-refractivity contribution in [2.45, 2.75) is 25.4 Å². The first-order chi connectivity index (χ1) is 10.1. The lowest BCUT2D eigenvalue weighted by atomic mass is 9.76. The summed E-state index contributed by atoms with van der Waals surface area (Å²) in [5.74, 6) is -0.281. The third kappa shape index (κ3) is 2.85. The summed E-state index contributed by atoms with van der Waals surface area (Å²) in [5.41, 5.74) is 0.214. The summed E-state index contributed by atoms with van der Waals surface area (Å²) in [6, 6.07) is 0. The molecule has 1 spiro atoms. The first-order valence-corrected chi connectivity index (χ1v) is 7.92. The van der Waals surface area contributed by atoms with Crippen molar-refractivity contribution in [2.75, 3.05) is 19.6 Å². The molecule has 3 rings (SSSR count). The minimum absolute atomic E-state index is 0.105. The van der Waals surface area contributed by atoms with Crippen molar-refractivity contribution in [2.24, 2.45) is 5.41 Å². The van der Waals surface area contributed by atoms with E-state index in [0.29, 0.717) is 18.5 Å². The van der Waals surface area contributed by atoms with E-state index in [2.05, 4.69) is 31.5 Å². The van der Waals surface area contributed by atoms with Gasteiger partial charge < -0.3 is 20.4 Å². The predicted octanol–water partition coefficient (Wildman–Crippen LogP) is 1.19. The molecule has 21 heavy (non-hydrogen) atoms. The highest BCUT2D eigenvalue weighted by Gasteiger charge is 2.49. The second kappa shape index (κ2) is 5.81. The van der Waals surface area contributed by atoms with Gasteiger partial charge in [0, 0.05) is 23.3 Å². The number of aromatic amines is 1. The zero-order valence-electron chi connectivity index (χ0n) is 11.6. The van der Waals surface area contributed by atoms with Crippen molar-refractivity contribution in [1.29, 1.82) is 0 Å². The Hall–Kier alpha value is -1.34. The van der Waals surface area contributed by atoms with E-state index in [9.17, 15) is 9.59 Å². The standard InChI is InChI=1S/C14H18BrN3O3/c15-11-8-17-7-10(11)12(19)18-6-9-5-14(13(20)21-9)1-3-16-4-2-14/h7-9,16-17H,1-6H2,(H,18,19). The SMILES string of the molecule is O=C(NCC1CC2(CCNCC2)C(=O)O1)c1c[nH]cc1Br. The summed E-state index contributed by atoms with van der Waals surface area (Å²) >= 11 is 3.30. The first kappa shape index (κ1) is 14.6. The van der Waals surface area contributed by atoms with Crippen LogP contribution in [-0.4, -0.2) is 42.6 Å². The second-order valence-corrected chi connectivity index (χ2v) is 6.54. The zero-order chi connectivity index (χ0) is 14.9. The lowest BCUT2D eigenvalue weighted by Gasteiger charge is -2.29. The highest BCUT2D eigenvalue weighted by atomic mass is 79.9. The molecular weight excluding hydrogens is 338 g/mol. The Labute approximate surface area is 131 Å². The number of ether oxygens (including phenoxy) is 1. The molecule has 2 aliphatic heterocycles.